The van der Waals surface area contributed by atoms with Crippen molar-refractivity contribution in [3.05, 3.63) is 54.1 Å². The summed E-state index contributed by atoms with van der Waals surface area (Å²) in [4.78, 5) is 24.7. The molecule has 0 radical (unpaired) electrons. The second kappa shape index (κ2) is 8.40. The van der Waals surface area contributed by atoms with Crippen LogP contribution in [0.2, 0.25) is 0 Å². The molecule has 0 aliphatic rings. The number of hydrogen-bond donors (Lipinski definition) is 2. The summed E-state index contributed by atoms with van der Waals surface area (Å²) in [5.41, 5.74) is 1.34. The molecule has 0 atom stereocenters. The number of benzene rings is 2. The van der Waals surface area contributed by atoms with Crippen molar-refractivity contribution < 1.29 is 14.3 Å². The quantitative estimate of drug-likeness (QED) is 0.648. The number of nitrogens with one attached hydrogen (secondary N) is 2. The summed E-state index contributed by atoms with van der Waals surface area (Å²) in [7, 11) is 1.61. The van der Waals surface area contributed by atoms with E-state index in [1.807, 2.05) is 45.0 Å². The largest absolute Gasteiger partial charge is 0.497 e. The van der Waals surface area contributed by atoms with Gasteiger partial charge in [-0.3, -0.25) is 14.9 Å². The Morgan fingerprint density at radius 2 is 1.72 bits per heavy atom. The molecule has 0 spiro atoms. The highest BCUT2D eigenvalue weighted by Gasteiger charge is 2.21. The molecule has 3 rings (SSSR count). The zero-order chi connectivity index (χ0) is 21.0. The molecule has 0 unspecified atom stereocenters. The summed E-state index contributed by atoms with van der Waals surface area (Å²) in [6.45, 7) is 5.48. The van der Waals surface area contributed by atoms with E-state index >= 15 is 0 Å². The second-order valence-corrected chi connectivity index (χ2v) is 8.36. The highest BCUT2D eigenvalue weighted by atomic mass is 32.1. The van der Waals surface area contributed by atoms with Crippen LogP contribution in [0.15, 0.2) is 48.5 Å². The molecule has 0 aliphatic heterocycles. The molecule has 0 saturated heterocycles. The monoisotopic (exact) mass is 410 g/mol. The number of hydrogen-bond acceptors (Lipinski definition) is 6. The fraction of sp³-hybridized carbons (Fsp3) is 0.238. The minimum absolute atomic E-state index is 0.122. The van der Waals surface area contributed by atoms with Crippen molar-refractivity contribution >= 4 is 34.0 Å². The standard InChI is InChI=1S/C21H22N4O3S/c1-21(2,3)19(27)22-15-7-5-6-14(12-15)17(26)23-20-25-24-18(29-20)13-8-10-16(28-4)11-9-13/h5-12H,1-4H3,(H,22,27)(H,23,25,26). The Labute approximate surface area is 173 Å². The van der Waals surface area contributed by atoms with Crippen molar-refractivity contribution in [2.75, 3.05) is 17.7 Å². The van der Waals surface area contributed by atoms with E-state index in [0.29, 0.717) is 21.4 Å². The molecular weight excluding hydrogens is 388 g/mol. The number of rotatable bonds is 5. The maximum Gasteiger partial charge on any atom is 0.257 e. The zero-order valence-corrected chi connectivity index (χ0v) is 17.5. The summed E-state index contributed by atoms with van der Waals surface area (Å²) >= 11 is 1.28. The molecule has 0 bridgehead atoms. The Hall–Kier alpha value is -3.26. The number of methoxy groups -OCH3 is 1. The van der Waals surface area contributed by atoms with Gasteiger partial charge in [-0.15, -0.1) is 10.2 Å². The topological polar surface area (TPSA) is 93.2 Å². The molecule has 0 saturated carbocycles. The van der Waals surface area contributed by atoms with Crippen LogP contribution in [0.4, 0.5) is 10.8 Å². The smallest absolute Gasteiger partial charge is 0.257 e. The maximum absolute atomic E-state index is 12.6. The van der Waals surface area contributed by atoms with Gasteiger partial charge >= 0.3 is 0 Å². The van der Waals surface area contributed by atoms with Crippen LogP contribution in [-0.4, -0.2) is 29.1 Å². The molecule has 7 nitrogen and oxygen atoms in total. The van der Waals surface area contributed by atoms with Gasteiger partial charge in [-0.1, -0.05) is 38.2 Å². The third-order valence-electron chi connectivity index (χ3n) is 4.05. The number of anilines is 2. The van der Waals surface area contributed by atoms with Gasteiger partial charge in [-0.25, -0.2) is 0 Å². The van der Waals surface area contributed by atoms with Gasteiger partial charge in [-0.2, -0.15) is 0 Å². The summed E-state index contributed by atoms with van der Waals surface area (Å²) in [5.74, 6) is 0.308. The molecule has 2 amide bonds. The predicted octanol–water partition coefficient (Wildman–Crippen LogP) is 4.45. The van der Waals surface area contributed by atoms with Gasteiger partial charge in [0.15, 0.2) is 0 Å². The molecular formula is C21H22N4O3S. The van der Waals surface area contributed by atoms with Crippen LogP contribution in [0.1, 0.15) is 31.1 Å². The molecule has 3 aromatic rings. The Morgan fingerprint density at radius 1 is 1.00 bits per heavy atom. The first-order valence-electron chi connectivity index (χ1n) is 8.97. The van der Waals surface area contributed by atoms with Crippen LogP contribution in [0.5, 0.6) is 5.75 Å². The van der Waals surface area contributed by atoms with E-state index in [9.17, 15) is 9.59 Å². The normalized spacial score (nSPS) is 11.0. The van der Waals surface area contributed by atoms with Crippen LogP contribution in [0.3, 0.4) is 0 Å². The lowest BCUT2D eigenvalue weighted by Crippen LogP contribution is -2.27. The van der Waals surface area contributed by atoms with Gasteiger partial charge in [0.2, 0.25) is 11.0 Å². The zero-order valence-electron chi connectivity index (χ0n) is 16.6. The van der Waals surface area contributed by atoms with Gasteiger partial charge in [0.1, 0.15) is 10.8 Å². The third kappa shape index (κ3) is 5.17. The van der Waals surface area contributed by atoms with E-state index in [2.05, 4.69) is 20.8 Å². The second-order valence-electron chi connectivity index (χ2n) is 7.38. The van der Waals surface area contributed by atoms with E-state index < -0.39 is 5.41 Å². The Balaban J connectivity index is 1.70. The van der Waals surface area contributed by atoms with Crippen molar-refractivity contribution in [3.8, 4) is 16.3 Å². The first-order chi connectivity index (χ1) is 13.8. The van der Waals surface area contributed by atoms with Crippen molar-refractivity contribution in [2.45, 2.75) is 20.8 Å². The van der Waals surface area contributed by atoms with Crippen molar-refractivity contribution in [3.63, 3.8) is 0 Å². The van der Waals surface area contributed by atoms with Crippen LogP contribution >= 0.6 is 11.3 Å². The number of amides is 2. The van der Waals surface area contributed by atoms with Gasteiger partial charge in [0, 0.05) is 22.2 Å². The van der Waals surface area contributed by atoms with Crippen LogP contribution in [-0.2, 0) is 4.79 Å². The molecule has 0 aliphatic carbocycles. The molecule has 1 aromatic heterocycles. The summed E-state index contributed by atoms with van der Waals surface area (Å²) < 4.78 is 5.15. The molecule has 1 heterocycles. The summed E-state index contributed by atoms with van der Waals surface area (Å²) in [5, 5.41) is 14.8. The highest BCUT2D eigenvalue weighted by molar-refractivity contribution is 7.18. The van der Waals surface area contributed by atoms with Crippen molar-refractivity contribution in [1.29, 1.82) is 0 Å². The lowest BCUT2D eigenvalue weighted by Gasteiger charge is -2.17. The number of ether oxygens (including phenoxy) is 1. The molecule has 2 aromatic carbocycles. The fourth-order valence-corrected chi connectivity index (χ4v) is 3.09. The Morgan fingerprint density at radius 3 is 2.38 bits per heavy atom. The minimum Gasteiger partial charge on any atom is -0.497 e. The van der Waals surface area contributed by atoms with Crippen molar-refractivity contribution in [1.82, 2.24) is 10.2 Å². The van der Waals surface area contributed by atoms with E-state index in [0.717, 1.165) is 11.3 Å². The maximum atomic E-state index is 12.6. The van der Waals surface area contributed by atoms with Crippen LogP contribution in [0.25, 0.3) is 10.6 Å². The first kappa shape index (κ1) is 20.5. The molecule has 29 heavy (non-hydrogen) atoms. The van der Waals surface area contributed by atoms with E-state index in [1.54, 1.807) is 31.4 Å². The van der Waals surface area contributed by atoms with Gasteiger partial charge in [0.05, 0.1) is 7.11 Å². The summed E-state index contributed by atoms with van der Waals surface area (Å²) in [6.07, 6.45) is 0. The van der Waals surface area contributed by atoms with Crippen molar-refractivity contribution in [2.24, 2.45) is 5.41 Å². The predicted molar refractivity (Wildman–Crippen MR) is 114 cm³/mol. The molecule has 0 fully saturated rings. The van der Waals surface area contributed by atoms with Gasteiger partial charge in [0.25, 0.3) is 5.91 Å². The minimum atomic E-state index is -0.525. The lowest BCUT2D eigenvalue weighted by atomic mass is 9.95. The van der Waals surface area contributed by atoms with E-state index in [1.165, 1.54) is 11.3 Å². The SMILES string of the molecule is COc1ccc(-c2nnc(NC(=O)c3cccc(NC(=O)C(C)(C)C)c3)s2)cc1. The Bertz CT molecular complexity index is 1020. The molecule has 8 heteroatoms. The van der Waals surface area contributed by atoms with Crippen LogP contribution < -0.4 is 15.4 Å². The van der Waals surface area contributed by atoms with E-state index in [4.69, 9.17) is 4.74 Å². The number of carbonyl (C=O) groups is 2. The molecule has 2 N–H and O–H groups in total. The average molecular weight is 410 g/mol. The number of aromatic nitrogens is 2. The van der Waals surface area contributed by atoms with Gasteiger partial charge in [-0.05, 0) is 42.5 Å². The van der Waals surface area contributed by atoms with Gasteiger partial charge < -0.3 is 10.1 Å². The third-order valence-corrected chi connectivity index (χ3v) is 4.93. The molecule has 150 valence electrons. The Kier molecular flexibility index (Phi) is 5.93. The fourth-order valence-electron chi connectivity index (χ4n) is 2.35. The first-order valence-corrected chi connectivity index (χ1v) is 9.79. The number of nitrogens with zero attached hydrogens (tertiary/aromatic N) is 2. The highest BCUT2D eigenvalue weighted by Crippen LogP contribution is 2.28. The average Bonchev–Trinajstić information content (AvgIpc) is 3.16. The van der Waals surface area contributed by atoms with Crippen LogP contribution in [0, 0.1) is 5.41 Å². The summed E-state index contributed by atoms with van der Waals surface area (Å²) in [6, 6.07) is 14.2. The number of carbonyl (C=O) groups excluding carboxylic acids is 2. The van der Waals surface area contributed by atoms with E-state index in [-0.39, 0.29) is 11.8 Å². The lowest BCUT2D eigenvalue weighted by molar-refractivity contribution is -0.123.